The highest BCUT2D eigenvalue weighted by Gasteiger charge is 2.16. The topological polar surface area (TPSA) is 86.7 Å². The first-order chi connectivity index (χ1) is 14.1. The number of aliphatic imine (C=N–C) groups is 1. The molecule has 29 heavy (non-hydrogen) atoms. The molecule has 8 nitrogen and oxygen atoms in total. The van der Waals surface area contributed by atoms with Crippen LogP contribution in [0, 0.1) is 13.8 Å². The lowest BCUT2D eigenvalue weighted by molar-refractivity contribution is 0.0377. The van der Waals surface area contributed by atoms with Crippen LogP contribution in [0.5, 0.6) is 0 Å². The van der Waals surface area contributed by atoms with Crippen molar-refractivity contribution in [2.45, 2.75) is 52.0 Å². The lowest BCUT2D eigenvalue weighted by Gasteiger charge is -2.26. The smallest absolute Gasteiger partial charge is 0.229 e. The van der Waals surface area contributed by atoms with Gasteiger partial charge in [0, 0.05) is 43.6 Å². The van der Waals surface area contributed by atoms with Crippen molar-refractivity contribution >= 4 is 29.2 Å². The molecule has 0 radical (unpaired) electrons. The van der Waals surface area contributed by atoms with Crippen LogP contribution < -0.4 is 16.0 Å². The van der Waals surface area contributed by atoms with Gasteiger partial charge in [-0.15, -0.1) is 0 Å². The molecule has 0 amide bonds. The van der Waals surface area contributed by atoms with Crippen LogP contribution in [0.4, 0.5) is 5.95 Å². The van der Waals surface area contributed by atoms with Gasteiger partial charge in [-0.05, 0) is 51.4 Å². The maximum atomic E-state index is 5.51. The van der Waals surface area contributed by atoms with Gasteiger partial charge in [0.05, 0.1) is 13.2 Å². The summed E-state index contributed by atoms with van der Waals surface area (Å²) in [6.07, 6.45) is 5.83. The van der Waals surface area contributed by atoms with E-state index in [1.807, 2.05) is 19.9 Å². The second kappa shape index (κ2) is 11.4. The Morgan fingerprint density at radius 2 is 1.90 bits per heavy atom. The molecule has 0 aromatic carbocycles. The summed E-state index contributed by atoms with van der Waals surface area (Å²) in [6.45, 7) is 9.27. The predicted octanol–water partition coefficient (Wildman–Crippen LogP) is 1.99. The summed E-state index contributed by atoms with van der Waals surface area (Å²) in [6, 6.07) is 2.40. The molecule has 0 atom stereocenters. The molecule has 0 bridgehead atoms. The van der Waals surface area contributed by atoms with Crippen LogP contribution in [0.1, 0.15) is 43.5 Å². The molecule has 3 rings (SSSR count). The zero-order valence-electron chi connectivity index (χ0n) is 17.5. The first kappa shape index (κ1) is 21.9. The van der Waals surface area contributed by atoms with E-state index in [1.165, 1.54) is 25.7 Å². The van der Waals surface area contributed by atoms with Crippen molar-refractivity contribution in [2.24, 2.45) is 4.99 Å². The lowest BCUT2D eigenvalue weighted by Crippen LogP contribution is -2.46. The fraction of sp³-hybridized carbons (Fsp3) is 0.700. The lowest BCUT2D eigenvalue weighted by atomic mass is 10.3. The van der Waals surface area contributed by atoms with Gasteiger partial charge in [0.2, 0.25) is 11.9 Å². The third-order valence-electron chi connectivity index (χ3n) is 5.14. The van der Waals surface area contributed by atoms with E-state index in [2.05, 4.69) is 30.8 Å². The van der Waals surface area contributed by atoms with E-state index in [4.69, 9.17) is 21.9 Å². The number of hydrogen-bond acceptors (Lipinski definition) is 6. The van der Waals surface area contributed by atoms with Crippen LogP contribution in [0.2, 0.25) is 0 Å². The van der Waals surface area contributed by atoms with Gasteiger partial charge in [-0.2, -0.15) is 0 Å². The maximum Gasteiger partial charge on any atom is 0.229 e. The van der Waals surface area contributed by atoms with Crippen LogP contribution in [0.15, 0.2) is 11.1 Å². The highest BCUT2D eigenvalue weighted by molar-refractivity contribution is 7.80. The molecule has 0 unspecified atom stereocenters. The number of nitrogens with one attached hydrogen (secondary N) is 3. The fourth-order valence-corrected chi connectivity index (χ4v) is 3.97. The Kier molecular flexibility index (Phi) is 8.57. The van der Waals surface area contributed by atoms with Crippen molar-refractivity contribution in [3.8, 4) is 0 Å². The number of aromatic nitrogens is 2. The second-order valence-electron chi connectivity index (χ2n) is 7.72. The highest BCUT2D eigenvalue weighted by Crippen LogP contribution is 2.17. The molecule has 160 valence electrons. The second-order valence-corrected chi connectivity index (χ2v) is 8.13. The number of ether oxygens (including phenoxy) is 1. The van der Waals surface area contributed by atoms with Crippen LogP contribution in [-0.4, -0.2) is 71.4 Å². The fourth-order valence-electron chi connectivity index (χ4n) is 3.71. The van der Waals surface area contributed by atoms with Gasteiger partial charge >= 0.3 is 0 Å². The van der Waals surface area contributed by atoms with Crippen LogP contribution in [0.3, 0.4) is 0 Å². The zero-order chi connectivity index (χ0) is 20.5. The van der Waals surface area contributed by atoms with Crippen LogP contribution >= 0.6 is 12.2 Å². The van der Waals surface area contributed by atoms with E-state index >= 15 is 0 Å². The minimum Gasteiger partial charge on any atom is -0.379 e. The summed E-state index contributed by atoms with van der Waals surface area (Å²) >= 11 is 5.51. The SMILES string of the molecule is Cc1cc(C)nc(NC(=NCCCN2CCOCC2)NC(=S)NC2CCCC2)n1. The van der Waals surface area contributed by atoms with E-state index < -0.39 is 0 Å². The van der Waals surface area contributed by atoms with Gasteiger partial charge < -0.3 is 15.4 Å². The Balaban J connectivity index is 1.57. The monoisotopic (exact) mass is 419 g/mol. The van der Waals surface area contributed by atoms with Crippen LogP contribution in [-0.2, 0) is 4.74 Å². The first-order valence-corrected chi connectivity index (χ1v) is 11.0. The molecule has 9 heteroatoms. The van der Waals surface area contributed by atoms with Gasteiger partial charge in [0.1, 0.15) is 0 Å². The molecular weight excluding hydrogens is 386 g/mol. The molecule has 1 aromatic heterocycles. The average molecular weight is 420 g/mol. The van der Waals surface area contributed by atoms with Gasteiger partial charge in [-0.25, -0.2) is 9.97 Å². The van der Waals surface area contributed by atoms with Crippen molar-refractivity contribution in [3.63, 3.8) is 0 Å². The minimum absolute atomic E-state index is 0.454. The molecular formula is C20H33N7OS. The summed E-state index contributed by atoms with van der Waals surface area (Å²) in [4.78, 5) is 16.0. The summed E-state index contributed by atoms with van der Waals surface area (Å²) in [7, 11) is 0. The number of morpholine rings is 1. The largest absolute Gasteiger partial charge is 0.379 e. The third kappa shape index (κ3) is 7.83. The van der Waals surface area contributed by atoms with Crippen molar-refractivity contribution in [3.05, 3.63) is 17.5 Å². The van der Waals surface area contributed by atoms with Gasteiger partial charge in [-0.3, -0.25) is 15.2 Å². The Hall–Kier alpha value is -1.84. The molecule has 1 saturated heterocycles. The zero-order valence-corrected chi connectivity index (χ0v) is 18.4. The molecule has 2 aliphatic rings. The van der Waals surface area contributed by atoms with E-state index in [-0.39, 0.29) is 0 Å². The number of nitrogens with zero attached hydrogens (tertiary/aromatic N) is 4. The number of thiocarbonyl (C=S) groups is 1. The Morgan fingerprint density at radius 1 is 1.21 bits per heavy atom. The Bertz CT molecular complexity index is 680. The Labute approximate surface area is 178 Å². The molecule has 1 aliphatic carbocycles. The Morgan fingerprint density at radius 3 is 2.59 bits per heavy atom. The van der Waals surface area contributed by atoms with Crippen LogP contribution in [0.25, 0.3) is 0 Å². The van der Waals surface area contributed by atoms with Gasteiger partial charge in [-0.1, -0.05) is 12.8 Å². The summed E-state index contributed by atoms with van der Waals surface area (Å²) < 4.78 is 5.40. The number of aryl methyl sites for hydroxylation is 2. The quantitative estimate of drug-likeness (QED) is 0.279. The summed E-state index contributed by atoms with van der Waals surface area (Å²) in [5.41, 5.74) is 1.83. The molecule has 3 N–H and O–H groups in total. The van der Waals surface area contributed by atoms with E-state index in [0.717, 1.165) is 50.7 Å². The summed E-state index contributed by atoms with van der Waals surface area (Å²) in [5.74, 6) is 1.12. The van der Waals surface area contributed by atoms with E-state index in [9.17, 15) is 0 Å². The third-order valence-corrected chi connectivity index (χ3v) is 5.36. The normalized spacial score (nSPS) is 18.6. The molecule has 1 aliphatic heterocycles. The molecule has 2 heterocycles. The minimum atomic E-state index is 0.454. The molecule has 2 fully saturated rings. The molecule has 0 spiro atoms. The van der Waals surface area contributed by atoms with Crippen molar-refractivity contribution in [2.75, 3.05) is 44.7 Å². The van der Waals surface area contributed by atoms with Crippen molar-refractivity contribution in [1.29, 1.82) is 0 Å². The highest BCUT2D eigenvalue weighted by atomic mass is 32.1. The number of guanidine groups is 1. The predicted molar refractivity (Wildman–Crippen MR) is 120 cm³/mol. The summed E-state index contributed by atoms with van der Waals surface area (Å²) in [5, 5.41) is 10.4. The van der Waals surface area contributed by atoms with E-state index in [1.54, 1.807) is 0 Å². The van der Waals surface area contributed by atoms with Gasteiger partial charge in [0.25, 0.3) is 0 Å². The van der Waals surface area contributed by atoms with Gasteiger partial charge in [0.15, 0.2) is 5.11 Å². The number of anilines is 1. The number of rotatable bonds is 6. The maximum absolute atomic E-state index is 5.51. The first-order valence-electron chi connectivity index (χ1n) is 10.6. The van der Waals surface area contributed by atoms with Crippen molar-refractivity contribution in [1.82, 2.24) is 25.5 Å². The average Bonchev–Trinajstić information content (AvgIpc) is 3.18. The number of hydrogen-bond donors (Lipinski definition) is 3. The van der Waals surface area contributed by atoms with E-state index in [0.29, 0.717) is 29.6 Å². The molecule has 1 saturated carbocycles. The van der Waals surface area contributed by atoms with Crippen molar-refractivity contribution < 1.29 is 4.74 Å². The standard InChI is InChI=1S/C20H33N7OS/c1-15-14-16(2)23-19(22-15)25-18(26-20(29)24-17-6-3-4-7-17)21-8-5-9-27-10-12-28-13-11-27/h14,17H,3-13H2,1-2H3,(H3,21,22,23,24,25,26,29). The molecule has 1 aromatic rings.